The van der Waals surface area contributed by atoms with Crippen molar-refractivity contribution in [3.63, 3.8) is 0 Å². The Morgan fingerprint density at radius 2 is 2.12 bits per heavy atom. The molecule has 1 aliphatic rings. The van der Waals surface area contributed by atoms with Crippen LogP contribution in [0.2, 0.25) is 0 Å². The normalized spacial score (nSPS) is 13.9. The van der Waals surface area contributed by atoms with E-state index in [2.05, 4.69) is 15.3 Å². The van der Waals surface area contributed by atoms with Crippen LogP contribution in [-0.2, 0) is 11.3 Å². The molecule has 3 aromatic rings. The number of aryl methyl sites for hydroxylation is 1. The van der Waals surface area contributed by atoms with Gasteiger partial charge in [-0.2, -0.15) is 0 Å². The zero-order valence-corrected chi connectivity index (χ0v) is 12.5. The van der Waals surface area contributed by atoms with Crippen molar-refractivity contribution in [2.45, 2.75) is 13.0 Å². The fourth-order valence-electron chi connectivity index (χ4n) is 2.86. The van der Waals surface area contributed by atoms with Gasteiger partial charge in [-0.05, 0) is 18.2 Å². The van der Waals surface area contributed by atoms with Gasteiger partial charge in [0.25, 0.3) is 5.91 Å². The summed E-state index contributed by atoms with van der Waals surface area (Å²) in [6.45, 7) is 0.530. The molecule has 3 heterocycles. The molecule has 0 radical (unpaired) electrons. The van der Waals surface area contributed by atoms with E-state index >= 15 is 0 Å². The first-order chi connectivity index (χ1) is 11.6. The molecule has 1 aliphatic heterocycles. The molecule has 1 amide bonds. The lowest BCUT2D eigenvalue weighted by Gasteiger charge is -2.18. The van der Waals surface area contributed by atoms with Gasteiger partial charge >= 0.3 is 0 Å². The molecule has 0 saturated heterocycles. The van der Waals surface area contributed by atoms with Gasteiger partial charge < -0.3 is 15.0 Å². The lowest BCUT2D eigenvalue weighted by molar-refractivity contribution is -0.111. The average Bonchev–Trinajstić information content (AvgIpc) is 2.95. The maximum Gasteiger partial charge on any atom is 0.262 e. The van der Waals surface area contributed by atoms with E-state index in [9.17, 15) is 14.3 Å². The Morgan fingerprint density at radius 3 is 2.96 bits per heavy atom. The second-order valence-electron chi connectivity index (χ2n) is 5.46. The maximum absolute atomic E-state index is 13.7. The Balaban J connectivity index is 1.78. The molecule has 1 aromatic carbocycles. The Morgan fingerprint density at radius 1 is 1.29 bits per heavy atom. The number of amides is 1. The van der Waals surface area contributed by atoms with Crippen LogP contribution in [0.3, 0.4) is 0 Å². The number of allylic oxidation sites excluding steroid dienone is 1. The summed E-state index contributed by atoms with van der Waals surface area (Å²) in [5.41, 5.74) is 1.69. The van der Waals surface area contributed by atoms with Crippen LogP contribution in [0.15, 0.2) is 48.5 Å². The van der Waals surface area contributed by atoms with Crippen molar-refractivity contribution in [2.24, 2.45) is 0 Å². The van der Waals surface area contributed by atoms with Crippen LogP contribution in [-0.4, -0.2) is 25.5 Å². The second-order valence-corrected chi connectivity index (χ2v) is 5.46. The third kappa shape index (κ3) is 2.21. The van der Waals surface area contributed by atoms with Gasteiger partial charge in [0, 0.05) is 19.2 Å². The van der Waals surface area contributed by atoms with Gasteiger partial charge in [-0.25, -0.2) is 9.37 Å². The summed E-state index contributed by atoms with van der Waals surface area (Å²) in [6.07, 6.45) is 2.71. The topological polar surface area (TPSA) is 80.0 Å². The fraction of sp³-hybridized carbons (Fsp3) is 0.118. The number of benzene rings is 1. The molecule has 4 rings (SSSR count). The van der Waals surface area contributed by atoms with Crippen LogP contribution in [0.1, 0.15) is 12.2 Å². The lowest BCUT2D eigenvalue weighted by atomic mass is 10.1. The molecular weight excluding hydrogens is 311 g/mol. The van der Waals surface area contributed by atoms with Gasteiger partial charge in [-0.15, -0.1) is 0 Å². The van der Waals surface area contributed by atoms with E-state index in [0.29, 0.717) is 18.8 Å². The number of aromatic nitrogens is 3. The molecule has 0 atom stereocenters. The van der Waals surface area contributed by atoms with E-state index in [1.54, 1.807) is 0 Å². The molecule has 2 N–H and O–H groups in total. The van der Waals surface area contributed by atoms with Crippen LogP contribution in [0.4, 0.5) is 10.1 Å². The number of aliphatic hydroxyl groups is 1. The minimum Gasteiger partial charge on any atom is -0.511 e. The van der Waals surface area contributed by atoms with Crippen molar-refractivity contribution >= 4 is 28.2 Å². The molecule has 0 fully saturated rings. The fourth-order valence-corrected chi connectivity index (χ4v) is 2.86. The Bertz CT molecular complexity index is 993. The highest BCUT2D eigenvalue weighted by Gasteiger charge is 2.28. The molecular formula is C17H13FN4O2. The van der Waals surface area contributed by atoms with Crippen LogP contribution >= 0.6 is 0 Å². The number of para-hydroxylation sites is 2. The number of anilines is 1. The quantitative estimate of drug-likeness (QED) is 0.759. The Kier molecular flexibility index (Phi) is 3.26. The van der Waals surface area contributed by atoms with E-state index in [1.165, 1.54) is 12.3 Å². The first-order valence-electron chi connectivity index (χ1n) is 7.44. The molecule has 0 spiro atoms. The number of imidazole rings is 1. The molecule has 24 heavy (non-hydrogen) atoms. The summed E-state index contributed by atoms with van der Waals surface area (Å²) in [5.74, 6) is -0.916. The molecule has 7 heteroatoms. The number of rotatable bonds is 2. The number of fused-ring (bicyclic) bond motifs is 3. The Hall–Kier alpha value is -3.22. The third-order valence-electron chi connectivity index (χ3n) is 3.99. The minimum atomic E-state index is -0.643. The van der Waals surface area contributed by atoms with Crippen LogP contribution in [0.5, 0.6) is 0 Å². The highest BCUT2D eigenvalue weighted by Crippen LogP contribution is 2.30. The van der Waals surface area contributed by atoms with E-state index in [4.69, 9.17) is 0 Å². The lowest BCUT2D eigenvalue weighted by Crippen LogP contribution is -2.22. The van der Waals surface area contributed by atoms with Crippen molar-refractivity contribution in [1.82, 2.24) is 14.5 Å². The number of nitrogens with one attached hydrogen (secondary N) is 1. The summed E-state index contributed by atoms with van der Waals surface area (Å²) in [6, 6.07) is 8.86. The number of carbonyl (C=O) groups excluding carboxylic acids is 1. The first kappa shape index (κ1) is 14.4. The second kappa shape index (κ2) is 5.45. The summed E-state index contributed by atoms with van der Waals surface area (Å²) >= 11 is 0. The van der Waals surface area contributed by atoms with Gasteiger partial charge in [0.2, 0.25) is 0 Å². The first-order valence-corrected chi connectivity index (χ1v) is 7.44. The molecule has 0 unspecified atom stereocenters. The van der Waals surface area contributed by atoms with E-state index in [0.717, 1.165) is 17.2 Å². The number of pyridine rings is 1. The van der Waals surface area contributed by atoms with E-state index in [-0.39, 0.29) is 17.0 Å². The van der Waals surface area contributed by atoms with Crippen LogP contribution in [0, 0.1) is 5.82 Å². The number of nitrogens with zero attached hydrogens (tertiary/aromatic N) is 3. The highest BCUT2D eigenvalue weighted by atomic mass is 19.1. The summed E-state index contributed by atoms with van der Waals surface area (Å²) in [7, 11) is 0. The van der Waals surface area contributed by atoms with Gasteiger partial charge in [0.15, 0.2) is 5.82 Å². The third-order valence-corrected chi connectivity index (χ3v) is 3.99. The molecule has 120 valence electrons. The monoisotopic (exact) mass is 324 g/mol. The minimum absolute atomic E-state index is 0.00327. The van der Waals surface area contributed by atoms with Crippen molar-refractivity contribution in [3.8, 4) is 0 Å². The van der Waals surface area contributed by atoms with Gasteiger partial charge in [0.05, 0.1) is 22.9 Å². The molecule has 0 saturated carbocycles. The molecule has 0 aliphatic carbocycles. The predicted molar refractivity (Wildman–Crippen MR) is 86.7 cm³/mol. The van der Waals surface area contributed by atoms with Gasteiger partial charge in [-0.1, -0.05) is 12.1 Å². The molecule has 6 nitrogen and oxygen atoms in total. The molecule has 2 aromatic heterocycles. The summed E-state index contributed by atoms with van der Waals surface area (Å²) < 4.78 is 15.6. The number of halogens is 1. The van der Waals surface area contributed by atoms with Gasteiger partial charge in [0.1, 0.15) is 17.2 Å². The van der Waals surface area contributed by atoms with Crippen molar-refractivity contribution in [2.75, 3.05) is 5.32 Å². The highest BCUT2D eigenvalue weighted by molar-refractivity contribution is 6.25. The standard InChI is InChI=1S/C17H13FN4O2/c18-10-9-19-7-5-11(10)21-17(24)15-14(23)6-8-22-13-4-2-1-3-12(13)20-16(15)22/h1-5,7,9,23H,6,8H2,(H,19,21,24). The zero-order chi connectivity index (χ0) is 16.7. The average molecular weight is 324 g/mol. The van der Waals surface area contributed by atoms with Crippen LogP contribution in [0.25, 0.3) is 16.6 Å². The summed E-state index contributed by atoms with van der Waals surface area (Å²) in [5, 5.41) is 12.7. The SMILES string of the molecule is O=C(Nc1ccncc1F)C1=C(O)CCn2c1nc1ccccc12. The van der Waals surface area contributed by atoms with E-state index in [1.807, 2.05) is 28.8 Å². The van der Waals surface area contributed by atoms with Gasteiger partial charge in [-0.3, -0.25) is 9.78 Å². The smallest absolute Gasteiger partial charge is 0.262 e. The van der Waals surface area contributed by atoms with Crippen molar-refractivity contribution in [3.05, 3.63) is 60.1 Å². The van der Waals surface area contributed by atoms with Crippen molar-refractivity contribution < 1.29 is 14.3 Å². The number of aliphatic hydroxyl groups excluding tert-OH is 1. The van der Waals surface area contributed by atoms with E-state index < -0.39 is 11.7 Å². The number of carbonyl (C=O) groups is 1. The number of hydrogen-bond donors (Lipinski definition) is 2. The van der Waals surface area contributed by atoms with Crippen LogP contribution < -0.4 is 5.32 Å². The largest absolute Gasteiger partial charge is 0.511 e. The Labute approximate surface area is 136 Å². The van der Waals surface area contributed by atoms with Crippen molar-refractivity contribution in [1.29, 1.82) is 0 Å². The zero-order valence-electron chi connectivity index (χ0n) is 12.5. The predicted octanol–water partition coefficient (Wildman–Crippen LogP) is 2.88. The maximum atomic E-state index is 13.7. The molecule has 0 bridgehead atoms. The summed E-state index contributed by atoms with van der Waals surface area (Å²) in [4.78, 5) is 20.7. The number of hydrogen-bond acceptors (Lipinski definition) is 4.